The molecule has 0 radical (unpaired) electrons. The highest BCUT2D eigenvalue weighted by molar-refractivity contribution is 8.03. The molecule has 1 aliphatic rings. The predicted molar refractivity (Wildman–Crippen MR) is 131 cm³/mol. The quantitative estimate of drug-likeness (QED) is 0.402. The molecule has 0 saturated carbocycles. The number of hydrogen-bond donors (Lipinski definition) is 2. The van der Waals surface area contributed by atoms with Crippen molar-refractivity contribution < 1.29 is 14.3 Å². The lowest BCUT2D eigenvalue weighted by molar-refractivity contribution is -0.138. The van der Waals surface area contributed by atoms with Gasteiger partial charge in [-0.15, -0.1) is 0 Å². The number of nitrogens with zero attached hydrogens (tertiary/aromatic N) is 1. The summed E-state index contributed by atoms with van der Waals surface area (Å²) in [4.78, 5) is 25.3. The third-order valence-electron chi connectivity index (χ3n) is 4.79. The van der Waals surface area contributed by atoms with Gasteiger partial charge in [0.25, 0.3) is 0 Å². The van der Waals surface area contributed by atoms with Gasteiger partial charge in [-0.1, -0.05) is 72.4 Å². The van der Waals surface area contributed by atoms with Crippen molar-refractivity contribution in [2.45, 2.75) is 12.8 Å². The first-order valence-corrected chi connectivity index (χ1v) is 11.4. The SMILES string of the molecule is C=CCOC(=O)C1=C(C)NC(SCC(=O)Nc2cccc(Cl)c2)=C(C#N)[C@@H]1c1ccccc1. The molecule has 168 valence electrons. The number of halogens is 1. The van der Waals surface area contributed by atoms with Crippen molar-refractivity contribution >= 4 is 40.9 Å². The first-order valence-electron chi connectivity index (χ1n) is 10.1. The van der Waals surface area contributed by atoms with E-state index in [0.717, 1.165) is 5.56 Å². The normalized spacial score (nSPS) is 15.4. The monoisotopic (exact) mass is 479 g/mol. The molecule has 0 saturated heterocycles. The number of anilines is 1. The minimum Gasteiger partial charge on any atom is -0.458 e. The molecule has 0 unspecified atom stereocenters. The van der Waals surface area contributed by atoms with Gasteiger partial charge in [-0.05, 0) is 30.7 Å². The third kappa shape index (κ3) is 6.07. The van der Waals surface area contributed by atoms with Crippen LogP contribution in [0.4, 0.5) is 5.69 Å². The molecule has 1 aliphatic heterocycles. The number of carbonyl (C=O) groups excluding carboxylic acids is 2. The predicted octanol–water partition coefficient (Wildman–Crippen LogP) is 5.14. The average Bonchev–Trinajstić information content (AvgIpc) is 2.81. The molecule has 1 atom stereocenters. The summed E-state index contributed by atoms with van der Waals surface area (Å²) < 4.78 is 5.29. The topological polar surface area (TPSA) is 91.2 Å². The number of esters is 1. The maximum absolute atomic E-state index is 12.8. The summed E-state index contributed by atoms with van der Waals surface area (Å²) in [6, 6.07) is 18.4. The molecule has 0 bridgehead atoms. The summed E-state index contributed by atoms with van der Waals surface area (Å²) in [5.74, 6) is -1.33. The highest BCUT2D eigenvalue weighted by atomic mass is 35.5. The van der Waals surface area contributed by atoms with E-state index in [0.29, 0.717) is 32.6 Å². The smallest absolute Gasteiger partial charge is 0.337 e. The fraction of sp³-hybridized carbons (Fsp3) is 0.160. The number of benzene rings is 2. The molecule has 1 heterocycles. The zero-order chi connectivity index (χ0) is 23.8. The van der Waals surface area contributed by atoms with Gasteiger partial charge in [-0.25, -0.2) is 4.79 Å². The summed E-state index contributed by atoms with van der Waals surface area (Å²) in [5.41, 5.74) is 2.63. The lowest BCUT2D eigenvalue weighted by Crippen LogP contribution is -2.29. The van der Waals surface area contributed by atoms with Gasteiger partial charge in [0.15, 0.2) is 0 Å². The van der Waals surface area contributed by atoms with E-state index < -0.39 is 11.9 Å². The summed E-state index contributed by atoms with van der Waals surface area (Å²) in [5, 5.41) is 17.0. The minimum absolute atomic E-state index is 0.0606. The van der Waals surface area contributed by atoms with Crippen molar-refractivity contribution in [3.63, 3.8) is 0 Å². The van der Waals surface area contributed by atoms with E-state index >= 15 is 0 Å². The summed E-state index contributed by atoms with van der Waals surface area (Å²) in [7, 11) is 0. The first kappa shape index (κ1) is 24.2. The van der Waals surface area contributed by atoms with E-state index in [9.17, 15) is 14.9 Å². The van der Waals surface area contributed by atoms with E-state index in [1.807, 2.05) is 30.3 Å². The number of hydrogen-bond acceptors (Lipinski definition) is 6. The number of rotatable bonds is 8. The Balaban J connectivity index is 1.87. The molecule has 2 aromatic carbocycles. The molecule has 2 aromatic rings. The summed E-state index contributed by atoms with van der Waals surface area (Å²) >= 11 is 7.16. The van der Waals surface area contributed by atoms with Crippen LogP contribution in [0.5, 0.6) is 0 Å². The Bertz CT molecular complexity index is 1170. The second kappa shape index (κ2) is 11.4. The molecule has 0 aliphatic carbocycles. The molecule has 0 fully saturated rings. The van der Waals surface area contributed by atoms with Gasteiger partial charge >= 0.3 is 5.97 Å². The molecule has 33 heavy (non-hydrogen) atoms. The Morgan fingerprint density at radius 2 is 2.03 bits per heavy atom. The highest BCUT2D eigenvalue weighted by Gasteiger charge is 2.35. The summed E-state index contributed by atoms with van der Waals surface area (Å²) in [6.45, 7) is 5.39. The number of nitriles is 1. The molecular formula is C25H22ClN3O3S. The van der Waals surface area contributed by atoms with Crippen LogP contribution >= 0.6 is 23.4 Å². The van der Waals surface area contributed by atoms with Crippen LogP contribution in [0.3, 0.4) is 0 Å². The molecule has 1 amide bonds. The Morgan fingerprint density at radius 3 is 2.70 bits per heavy atom. The van der Waals surface area contributed by atoms with Crippen LogP contribution in [0.25, 0.3) is 0 Å². The van der Waals surface area contributed by atoms with Gasteiger partial charge in [-0.3, -0.25) is 4.79 Å². The zero-order valence-corrected chi connectivity index (χ0v) is 19.5. The molecule has 3 rings (SSSR count). The van der Waals surface area contributed by atoms with Crippen molar-refractivity contribution in [3.8, 4) is 6.07 Å². The Morgan fingerprint density at radius 1 is 1.27 bits per heavy atom. The van der Waals surface area contributed by atoms with E-state index in [2.05, 4.69) is 23.3 Å². The Kier molecular flexibility index (Phi) is 8.36. The van der Waals surface area contributed by atoms with Crippen LogP contribution in [0.15, 0.2) is 89.1 Å². The second-order valence-corrected chi connectivity index (χ2v) is 8.52. The molecule has 8 heteroatoms. The van der Waals surface area contributed by atoms with Gasteiger partial charge in [0, 0.05) is 16.4 Å². The summed E-state index contributed by atoms with van der Waals surface area (Å²) in [6.07, 6.45) is 1.49. The molecule has 0 aromatic heterocycles. The molecular weight excluding hydrogens is 458 g/mol. The fourth-order valence-corrected chi connectivity index (χ4v) is 4.47. The zero-order valence-electron chi connectivity index (χ0n) is 17.9. The van der Waals surface area contributed by atoms with Gasteiger partial charge in [0.2, 0.25) is 5.91 Å². The molecule has 2 N–H and O–H groups in total. The lowest BCUT2D eigenvalue weighted by Gasteiger charge is -2.29. The fourth-order valence-electron chi connectivity index (χ4n) is 3.39. The van der Waals surface area contributed by atoms with E-state index in [1.165, 1.54) is 17.8 Å². The Labute approximate surface area is 202 Å². The maximum Gasteiger partial charge on any atom is 0.337 e. The number of thioether (sulfide) groups is 1. The van der Waals surface area contributed by atoms with Crippen LogP contribution in [-0.2, 0) is 14.3 Å². The third-order valence-corrected chi connectivity index (χ3v) is 6.04. The number of carbonyl (C=O) groups is 2. The van der Waals surface area contributed by atoms with Crippen molar-refractivity contribution in [2.24, 2.45) is 0 Å². The number of ether oxygens (including phenoxy) is 1. The van der Waals surface area contributed by atoms with Crippen molar-refractivity contribution in [1.29, 1.82) is 5.26 Å². The molecule has 0 spiro atoms. The van der Waals surface area contributed by atoms with E-state index in [4.69, 9.17) is 16.3 Å². The van der Waals surface area contributed by atoms with Gasteiger partial charge in [-0.2, -0.15) is 5.26 Å². The van der Waals surface area contributed by atoms with Gasteiger partial charge in [0.05, 0.1) is 33.9 Å². The van der Waals surface area contributed by atoms with E-state index in [-0.39, 0.29) is 18.3 Å². The number of amides is 1. The number of allylic oxidation sites excluding steroid dienone is 2. The maximum atomic E-state index is 12.8. The van der Waals surface area contributed by atoms with Gasteiger partial charge in [0.1, 0.15) is 6.61 Å². The van der Waals surface area contributed by atoms with Crippen molar-refractivity contribution in [2.75, 3.05) is 17.7 Å². The van der Waals surface area contributed by atoms with Gasteiger partial charge < -0.3 is 15.4 Å². The number of dihydropyridines is 1. The second-order valence-electron chi connectivity index (χ2n) is 7.10. The standard InChI is InChI=1S/C25H22ClN3O3S/c1-3-12-32-25(31)22-16(2)28-24(20(14-27)23(22)17-8-5-4-6-9-17)33-15-21(30)29-19-11-7-10-18(26)13-19/h3-11,13,23,28H,1,12,15H2,2H3,(H,29,30)/t23-/m0/s1. The number of nitrogens with one attached hydrogen (secondary N) is 2. The van der Waals surface area contributed by atoms with Crippen molar-refractivity contribution in [1.82, 2.24) is 5.32 Å². The largest absolute Gasteiger partial charge is 0.458 e. The first-order chi connectivity index (χ1) is 15.9. The van der Waals surface area contributed by atoms with Crippen LogP contribution in [0.1, 0.15) is 18.4 Å². The van der Waals surface area contributed by atoms with Crippen LogP contribution in [-0.4, -0.2) is 24.2 Å². The lowest BCUT2D eigenvalue weighted by atomic mass is 9.82. The van der Waals surface area contributed by atoms with E-state index in [1.54, 1.807) is 31.2 Å². The molecule has 6 nitrogen and oxygen atoms in total. The van der Waals surface area contributed by atoms with Crippen LogP contribution < -0.4 is 10.6 Å². The van der Waals surface area contributed by atoms with Crippen molar-refractivity contribution in [3.05, 3.63) is 99.7 Å². The Hall–Kier alpha value is -3.47. The average molecular weight is 480 g/mol. The highest BCUT2D eigenvalue weighted by Crippen LogP contribution is 2.40. The van der Waals surface area contributed by atoms with Crippen LogP contribution in [0.2, 0.25) is 5.02 Å². The van der Waals surface area contributed by atoms with Crippen LogP contribution in [0, 0.1) is 11.3 Å². The minimum atomic E-state index is -0.617.